The van der Waals surface area contributed by atoms with Crippen LogP contribution in [-0.4, -0.2) is 16.9 Å². The molecule has 146 valence electrons. The summed E-state index contributed by atoms with van der Waals surface area (Å²) >= 11 is 0. The molecular formula is C23H24F2N2O. The molecule has 1 aromatic carbocycles. The Morgan fingerprint density at radius 1 is 1.14 bits per heavy atom. The minimum atomic E-state index is -2.87. The molecule has 28 heavy (non-hydrogen) atoms. The van der Waals surface area contributed by atoms with E-state index in [1.54, 1.807) is 12.1 Å². The lowest BCUT2D eigenvalue weighted by atomic mass is 9.96. The minimum Gasteiger partial charge on any atom is -0.350 e. The maximum atomic E-state index is 13.6. The van der Waals surface area contributed by atoms with Gasteiger partial charge in [0.2, 0.25) is 5.91 Å². The highest BCUT2D eigenvalue weighted by molar-refractivity contribution is 5.82. The Morgan fingerprint density at radius 3 is 2.39 bits per heavy atom. The van der Waals surface area contributed by atoms with Gasteiger partial charge in [0.25, 0.3) is 5.92 Å². The first-order valence-electron chi connectivity index (χ1n) is 9.79. The lowest BCUT2D eigenvalue weighted by Gasteiger charge is -2.15. The number of aromatic nitrogens is 1. The second-order valence-corrected chi connectivity index (χ2v) is 7.90. The van der Waals surface area contributed by atoms with E-state index in [0.717, 1.165) is 35.9 Å². The van der Waals surface area contributed by atoms with Gasteiger partial charge in [-0.15, -0.1) is 0 Å². The van der Waals surface area contributed by atoms with Crippen molar-refractivity contribution in [3.05, 3.63) is 70.6 Å². The van der Waals surface area contributed by atoms with Crippen molar-refractivity contribution >= 4 is 11.5 Å². The van der Waals surface area contributed by atoms with E-state index < -0.39 is 5.92 Å². The van der Waals surface area contributed by atoms with Gasteiger partial charge < -0.3 is 5.32 Å². The van der Waals surface area contributed by atoms with Gasteiger partial charge in [-0.05, 0) is 49.3 Å². The van der Waals surface area contributed by atoms with Crippen LogP contribution in [0.5, 0.6) is 0 Å². The molecule has 1 N–H and O–H groups in total. The van der Waals surface area contributed by atoms with Crippen LogP contribution in [0.15, 0.2) is 42.5 Å². The number of carbonyl (C=O) groups is 1. The Hall–Kier alpha value is -2.56. The van der Waals surface area contributed by atoms with E-state index in [4.69, 9.17) is 4.98 Å². The number of amides is 1. The number of nitrogens with one attached hydrogen (secondary N) is 1. The smallest absolute Gasteiger partial charge is 0.270 e. The highest BCUT2D eigenvalue weighted by Crippen LogP contribution is 2.41. The van der Waals surface area contributed by atoms with Gasteiger partial charge in [0, 0.05) is 36.2 Å². The van der Waals surface area contributed by atoms with Gasteiger partial charge in [0.05, 0.1) is 5.69 Å². The molecule has 1 saturated carbocycles. The van der Waals surface area contributed by atoms with Crippen molar-refractivity contribution in [3.8, 4) is 0 Å². The molecule has 1 saturated heterocycles. The van der Waals surface area contributed by atoms with Crippen LogP contribution in [0, 0.1) is 6.92 Å². The van der Waals surface area contributed by atoms with E-state index in [1.807, 2.05) is 19.1 Å². The average molecular weight is 382 g/mol. The van der Waals surface area contributed by atoms with E-state index in [0.29, 0.717) is 12.3 Å². The molecule has 1 amide bonds. The first-order chi connectivity index (χ1) is 13.3. The summed E-state index contributed by atoms with van der Waals surface area (Å²) in [5.41, 5.74) is 4.78. The molecule has 1 atom stereocenters. The third-order valence-electron chi connectivity index (χ3n) is 5.52. The summed E-state index contributed by atoms with van der Waals surface area (Å²) in [6.45, 7) is 2.92. The van der Waals surface area contributed by atoms with Crippen LogP contribution in [0.4, 0.5) is 8.78 Å². The van der Waals surface area contributed by atoms with Crippen LogP contribution in [0.25, 0.3) is 5.57 Å². The number of halogens is 2. The van der Waals surface area contributed by atoms with Crippen molar-refractivity contribution in [1.82, 2.24) is 10.3 Å². The Labute approximate surface area is 163 Å². The van der Waals surface area contributed by atoms with E-state index in [9.17, 15) is 13.6 Å². The van der Waals surface area contributed by atoms with Crippen LogP contribution in [-0.2, 0) is 10.7 Å². The standard InChI is InChI=1S/C23H24F2N2O/c1-14-19(15-3-4-15)10-11-21(26-14)20(13-18-9-12-22(28)27-18)16-5-7-17(8-6-16)23(2,24)25/h5-8,10-11,13,15,18H,3-4,9,12H2,1-2H3,(H,27,28)/t18-/m1/s1. The van der Waals surface area contributed by atoms with Gasteiger partial charge in [-0.3, -0.25) is 9.78 Å². The Kier molecular flexibility index (Phi) is 4.77. The number of alkyl halides is 2. The van der Waals surface area contributed by atoms with E-state index in [2.05, 4.69) is 11.4 Å². The molecule has 5 heteroatoms. The fourth-order valence-electron chi connectivity index (χ4n) is 3.78. The average Bonchev–Trinajstić information content (AvgIpc) is 3.40. The number of carbonyl (C=O) groups excluding carboxylic acids is 1. The van der Waals surface area contributed by atoms with Gasteiger partial charge >= 0.3 is 0 Å². The minimum absolute atomic E-state index is 0.0157. The quantitative estimate of drug-likeness (QED) is 0.783. The molecule has 1 aromatic heterocycles. The zero-order valence-corrected chi connectivity index (χ0v) is 16.1. The van der Waals surface area contributed by atoms with Gasteiger partial charge in [-0.1, -0.05) is 36.4 Å². The van der Waals surface area contributed by atoms with E-state index in [1.165, 1.54) is 30.5 Å². The number of aryl methyl sites for hydroxylation is 1. The highest BCUT2D eigenvalue weighted by atomic mass is 19.3. The fraction of sp³-hybridized carbons (Fsp3) is 0.391. The van der Waals surface area contributed by atoms with Crippen molar-refractivity contribution in [2.45, 2.75) is 57.4 Å². The van der Waals surface area contributed by atoms with Crippen LogP contribution >= 0.6 is 0 Å². The number of hydrogen-bond donors (Lipinski definition) is 1. The largest absolute Gasteiger partial charge is 0.350 e. The van der Waals surface area contributed by atoms with Crippen molar-refractivity contribution in [3.63, 3.8) is 0 Å². The summed E-state index contributed by atoms with van der Waals surface area (Å²) in [7, 11) is 0. The Bertz CT molecular complexity index is 925. The fourth-order valence-corrected chi connectivity index (χ4v) is 3.78. The predicted octanol–water partition coefficient (Wildman–Crippen LogP) is 5.09. The van der Waals surface area contributed by atoms with Crippen LogP contribution in [0.1, 0.15) is 66.6 Å². The lowest BCUT2D eigenvalue weighted by Crippen LogP contribution is -2.23. The summed E-state index contributed by atoms with van der Waals surface area (Å²) in [4.78, 5) is 16.4. The molecule has 0 spiro atoms. The monoisotopic (exact) mass is 382 g/mol. The van der Waals surface area contributed by atoms with E-state index >= 15 is 0 Å². The van der Waals surface area contributed by atoms with Gasteiger partial charge in [-0.2, -0.15) is 0 Å². The summed E-state index contributed by atoms with van der Waals surface area (Å²) in [5, 5.41) is 2.95. The third-order valence-corrected chi connectivity index (χ3v) is 5.52. The summed E-state index contributed by atoms with van der Waals surface area (Å²) in [6.07, 6.45) is 5.66. The SMILES string of the molecule is Cc1nc(C(=C[C@H]2CCC(=O)N2)c2ccc(C(C)(F)F)cc2)ccc1C1CC1. The van der Waals surface area contributed by atoms with Crippen LogP contribution in [0.2, 0.25) is 0 Å². The molecule has 1 aliphatic heterocycles. The van der Waals surface area contributed by atoms with Gasteiger partial charge in [0.15, 0.2) is 0 Å². The first kappa shape index (κ1) is 18.8. The highest BCUT2D eigenvalue weighted by Gasteiger charge is 2.27. The number of nitrogens with zero attached hydrogens (tertiary/aromatic N) is 1. The third kappa shape index (κ3) is 3.98. The number of hydrogen-bond acceptors (Lipinski definition) is 2. The Balaban J connectivity index is 1.73. The second kappa shape index (κ2) is 7.12. The molecule has 2 fully saturated rings. The second-order valence-electron chi connectivity index (χ2n) is 7.90. The molecule has 4 rings (SSSR count). The summed E-state index contributed by atoms with van der Waals surface area (Å²) in [5.74, 6) is -2.22. The predicted molar refractivity (Wildman–Crippen MR) is 105 cm³/mol. The van der Waals surface area contributed by atoms with Gasteiger partial charge in [0.1, 0.15) is 0 Å². The van der Waals surface area contributed by atoms with Crippen molar-refractivity contribution < 1.29 is 13.6 Å². The maximum Gasteiger partial charge on any atom is 0.270 e. The van der Waals surface area contributed by atoms with Crippen molar-refractivity contribution in [1.29, 1.82) is 0 Å². The molecule has 2 aliphatic rings. The molecule has 3 nitrogen and oxygen atoms in total. The van der Waals surface area contributed by atoms with Crippen LogP contribution in [0.3, 0.4) is 0 Å². The molecular weight excluding hydrogens is 358 g/mol. The molecule has 0 bridgehead atoms. The topological polar surface area (TPSA) is 42.0 Å². The Morgan fingerprint density at radius 2 is 1.86 bits per heavy atom. The first-order valence-corrected chi connectivity index (χ1v) is 9.79. The normalized spacial score (nSPS) is 20.4. The lowest BCUT2D eigenvalue weighted by molar-refractivity contribution is -0.119. The summed E-state index contributed by atoms with van der Waals surface area (Å²) < 4.78 is 27.2. The molecule has 2 aromatic rings. The molecule has 0 radical (unpaired) electrons. The molecule has 1 aliphatic carbocycles. The number of benzene rings is 1. The number of pyridine rings is 1. The molecule has 0 unspecified atom stereocenters. The van der Waals surface area contributed by atoms with Crippen molar-refractivity contribution in [2.24, 2.45) is 0 Å². The zero-order chi connectivity index (χ0) is 19.9. The van der Waals surface area contributed by atoms with Gasteiger partial charge in [-0.25, -0.2) is 8.78 Å². The summed E-state index contributed by atoms with van der Waals surface area (Å²) in [6, 6.07) is 10.4. The number of rotatable bonds is 5. The molecule has 2 heterocycles. The van der Waals surface area contributed by atoms with E-state index in [-0.39, 0.29) is 17.5 Å². The maximum absolute atomic E-state index is 13.6. The van der Waals surface area contributed by atoms with Crippen LogP contribution < -0.4 is 5.32 Å². The van der Waals surface area contributed by atoms with Crippen molar-refractivity contribution in [2.75, 3.05) is 0 Å². The zero-order valence-electron chi connectivity index (χ0n) is 16.1.